The lowest BCUT2D eigenvalue weighted by molar-refractivity contribution is -0.0400. The summed E-state index contributed by atoms with van der Waals surface area (Å²) in [6.07, 6.45) is -0.0189. The summed E-state index contributed by atoms with van der Waals surface area (Å²) in [6.45, 7) is 7.42. The average Bonchev–Trinajstić information content (AvgIpc) is 2.84. The standard InChI is InChI=1S/C25H31N3O4/c1-19-7-9-20(10-8-19)24(29)28-15-16-32-21(18-28)17-26-11-13-27(14-12-26)25(30)22-5-3-4-6-23(22)31-2/h3-10,21H,11-18H2,1-2H3. The van der Waals surface area contributed by atoms with Crippen molar-refractivity contribution in [1.82, 2.24) is 14.7 Å². The number of rotatable bonds is 5. The van der Waals surface area contributed by atoms with E-state index in [9.17, 15) is 9.59 Å². The highest BCUT2D eigenvalue weighted by atomic mass is 16.5. The first-order valence-electron chi connectivity index (χ1n) is 11.2. The second-order valence-electron chi connectivity index (χ2n) is 8.40. The number of hydrogen-bond acceptors (Lipinski definition) is 5. The number of carbonyl (C=O) groups excluding carboxylic acids is 2. The van der Waals surface area contributed by atoms with E-state index in [2.05, 4.69) is 4.90 Å². The molecule has 7 nitrogen and oxygen atoms in total. The Morgan fingerprint density at radius 3 is 2.38 bits per heavy atom. The van der Waals surface area contributed by atoms with Gasteiger partial charge >= 0.3 is 0 Å². The van der Waals surface area contributed by atoms with E-state index in [0.717, 1.165) is 30.8 Å². The van der Waals surface area contributed by atoms with E-state index in [1.165, 1.54) is 0 Å². The van der Waals surface area contributed by atoms with Gasteiger partial charge in [-0.25, -0.2) is 0 Å². The maximum atomic E-state index is 12.9. The van der Waals surface area contributed by atoms with Crippen LogP contribution in [0.4, 0.5) is 0 Å². The molecule has 2 aliphatic heterocycles. The Balaban J connectivity index is 1.29. The predicted molar refractivity (Wildman–Crippen MR) is 122 cm³/mol. The van der Waals surface area contributed by atoms with E-state index in [-0.39, 0.29) is 17.9 Å². The van der Waals surface area contributed by atoms with Crippen LogP contribution < -0.4 is 4.74 Å². The van der Waals surface area contributed by atoms with Gasteiger partial charge in [0.2, 0.25) is 0 Å². The average molecular weight is 438 g/mol. The van der Waals surface area contributed by atoms with Crippen LogP contribution in [0, 0.1) is 6.92 Å². The zero-order valence-electron chi connectivity index (χ0n) is 18.8. The Labute approximate surface area is 189 Å². The van der Waals surface area contributed by atoms with Crippen LogP contribution in [0.2, 0.25) is 0 Å². The van der Waals surface area contributed by atoms with Crippen LogP contribution in [-0.2, 0) is 4.74 Å². The van der Waals surface area contributed by atoms with Crippen molar-refractivity contribution >= 4 is 11.8 Å². The number of methoxy groups -OCH3 is 1. The smallest absolute Gasteiger partial charge is 0.257 e. The van der Waals surface area contributed by atoms with Gasteiger partial charge in [-0.2, -0.15) is 0 Å². The molecular formula is C25H31N3O4. The molecule has 2 aromatic carbocycles. The topological polar surface area (TPSA) is 62.3 Å². The number of para-hydroxylation sites is 1. The molecule has 0 spiro atoms. The molecule has 0 N–H and O–H groups in total. The number of benzene rings is 2. The first-order chi connectivity index (χ1) is 15.5. The fourth-order valence-electron chi connectivity index (χ4n) is 4.31. The van der Waals surface area contributed by atoms with Gasteiger partial charge in [-0.15, -0.1) is 0 Å². The highest BCUT2D eigenvalue weighted by Gasteiger charge is 2.29. The minimum atomic E-state index is -0.0189. The third-order valence-electron chi connectivity index (χ3n) is 6.18. The van der Waals surface area contributed by atoms with E-state index in [1.54, 1.807) is 7.11 Å². The molecule has 2 fully saturated rings. The number of amides is 2. The lowest BCUT2D eigenvalue weighted by Crippen LogP contribution is -2.54. The van der Waals surface area contributed by atoms with Gasteiger partial charge in [0, 0.05) is 51.4 Å². The molecule has 2 amide bonds. The van der Waals surface area contributed by atoms with E-state index < -0.39 is 0 Å². The number of morpholine rings is 1. The zero-order valence-corrected chi connectivity index (χ0v) is 18.8. The number of carbonyl (C=O) groups is 2. The largest absolute Gasteiger partial charge is 0.496 e. The normalized spacial score (nSPS) is 19.6. The van der Waals surface area contributed by atoms with Gasteiger partial charge < -0.3 is 19.3 Å². The van der Waals surface area contributed by atoms with E-state index in [1.807, 2.05) is 65.3 Å². The molecule has 0 aliphatic carbocycles. The van der Waals surface area contributed by atoms with Gasteiger partial charge in [0.05, 0.1) is 25.4 Å². The molecule has 170 valence electrons. The van der Waals surface area contributed by atoms with Gasteiger partial charge in [-0.05, 0) is 31.2 Å². The number of nitrogens with zero attached hydrogens (tertiary/aromatic N) is 3. The first kappa shape index (κ1) is 22.3. The molecule has 2 aromatic rings. The Morgan fingerprint density at radius 2 is 1.66 bits per heavy atom. The molecule has 0 radical (unpaired) electrons. The zero-order chi connectivity index (χ0) is 22.5. The lowest BCUT2D eigenvalue weighted by atomic mass is 10.1. The summed E-state index contributed by atoms with van der Waals surface area (Å²) in [5.74, 6) is 0.672. The van der Waals surface area contributed by atoms with E-state index >= 15 is 0 Å². The van der Waals surface area contributed by atoms with Gasteiger partial charge in [-0.3, -0.25) is 14.5 Å². The van der Waals surface area contributed by atoms with Crippen molar-refractivity contribution in [2.24, 2.45) is 0 Å². The molecular weight excluding hydrogens is 406 g/mol. The van der Waals surface area contributed by atoms with Crippen LogP contribution in [0.5, 0.6) is 5.75 Å². The molecule has 1 unspecified atom stereocenters. The summed E-state index contributed by atoms with van der Waals surface area (Å²) in [5, 5.41) is 0. The van der Waals surface area contributed by atoms with Crippen LogP contribution in [0.1, 0.15) is 26.3 Å². The second kappa shape index (κ2) is 10.1. The Kier molecular flexibility index (Phi) is 7.07. The second-order valence-corrected chi connectivity index (χ2v) is 8.40. The predicted octanol–water partition coefficient (Wildman–Crippen LogP) is 2.30. The van der Waals surface area contributed by atoms with Crippen molar-refractivity contribution in [2.75, 3.05) is 59.5 Å². The summed E-state index contributed by atoms with van der Waals surface area (Å²) in [7, 11) is 1.58. The van der Waals surface area contributed by atoms with Crippen molar-refractivity contribution in [3.63, 3.8) is 0 Å². The minimum absolute atomic E-state index is 0.00545. The van der Waals surface area contributed by atoms with Gasteiger partial charge in [0.15, 0.2) is 0 Å². The summed E-state index contributed by atoms with van der Waals surface area (Å²) < 4.78 is 11.3. The summed E-state index contributed by atoms with van der Waals surface area (Å²) in [4.78, 5) is 31.8. The van der Waals surface area contributed by atoms with Crippen molar-refractivity contribution in [2.45, 2.75) is 13.0 Å². The molecule has 0 saturated carbocycles. The molecule has 1 atom stereocenters. The fraction of sp³-hybridized carbons (Fsp3) is 0.440. The van der Waals surface area contributed by atoms with Crippen molar-refractivity contribution < 1.29 is 19.1 Å². The number of hydrogen-bond donors (Lipinski definition) is 0. The van der Waals surface area contributed by atoms with Crippen LogP contribution in [0.3, 0.4) is 0 Å². The third kappa shape index (κ3) is 5.11. The van der Waals surface area contributed by atoms with Crippen LogP contribution >= 0.6 is 0 Å². The summed E-state index contributed by atoms with van der Waals surface area (Å²) >= 11 is 0. The number of ether oxygens (including phenoxy) is 2. The molecule has 32 heavy (non-hydrogen) atoms. The first-order valence-corrected chi connectivity index (χ1v) is 11.2. The highest BCUT2D eigenvalue weighted by molar-refractivity contribution is 5.97. The molecule has 0 aromatic heterocycles. The molecule has 2 aliphatic rings. The maximum Gasteiger partial charge on any atom is 0.257 e. The van der Waals surface area contributed by atoms with Gasteiger partial charge in [0.1, 0.15) is 5.75 Å². The monoisotopic (exact) mass is 437 g/mol. The molecule has 2 saturated heterocycles. The summed E-state index contributed by atoms with van der Waals surface area (Å²) in [5.41, 5.74) is 2.47. The molecule has 4 rings (SSSR count). The third-order valence-corrected chi connectivity index (χ3v) is 6.18. The van der Waals surface area contributed by atoms with Crippen LogP contribution in [0.25, 0.3) is 0 Å². The molecule has 2 heterocycles. The number of aryl methyl sites for hydroxylation is 1. The number of piperazine rings is 1. The SMILES string of the molecule is COc1ccccc1C(=O)N1CCN(CC2CN(C(=O)c3ccc(C)cc3)CCO2)CC1. The quantitative estimate of drug-likeness (QED) is 0.718. The van der Waals surface area contributed by atoms with Crippen molar-refractivity contribution in [1.29, 1.82) is 0 Å². The Hall–Kier alpha value is -2.90. The fourth-order valence-corrected chi connectivity index (χ4v) is 4.31. The molecule has 0 bridgehead atoms. The lowest BCUT2D eigenvalue weighted by Gasteiger charge is -2.39. The van der Waals surface area contributed by atoms with E-state index in [0.29, 0.717) is 44.1 Å². The van der Waals surface area contributed by atoms with Gasteiger partial charge in [0.25, 0.3) is 11.8 Å². The summed E-state index contributed by atoms with van der Waals surface area (Å²) in [6, 6.07) is 15.1. The van der Waals surface area contributed by atoms with Crippen molar-refractivity contribution in [3.05, 3.63) is 65.2 Å². The van der Waals surface area contributed by atoms with E-state index in [4.69, 9.17) is 9.47 Å². The minimum Gasteiger partial charge on any atom is -0.496 e. The highest BCUT2D eigenvalue weighted by Crippen LogP contribution is 2.20. The maximum absolute atomic E-state index is 12.9. The Bertz CT molecular complexity index is 938. The Morgan fingerprint density at radius 1 is 0.938 bits per heavy atom. The van der Waals surface area contributed by atoms with Crippen LogP contribution in [0.15, 0.2) is 48.5 Å². The van der Waals surface area contributed by atoms with Crippen LogP contribution in [-0.4, -0.2) is 92.1 Å². The van der Waals surface area contributed by atoms with Gasteiger partial charge in [-0.1, -0.05) is 29.8 Å². The molecule has 7 heteroatoms. The van der Waals surface area contributed by atoms with Crippen molar-refractivity contribution in [3.8, 4) is 5.75 Å².